The van der Waals surface area contributed by atoms with Gasteiger partial charge in [-0.15, -0.1) is 6.42 Å². The van der Waals surface area contributed by atoms with Crippen LogP contribution in [0.5, 0.6) is 5.75 Å². The number of esters is 1. The van der Waals surface area contributed by atoms with Crippen LogP contribution in [0.15, 0.2) is 52.2 Å². The van der Waals surface area contributed by atoms with Gasteiger partial charge in [0.15, 0.2) is 18.0 Å². The number of aromatic amines is 1. The SMILES string of the molecule is C#C[C@]1(COP(=O)(NC(C)C(=O)OC(C)C)Oc2ccccc2)O[C@@H](n2ccc(=O)[nH]c2=O)[C@H](F)[C@@H]1O. The molecule has 3 N–H and O–H groups in total. The lowest BCUT2D eigenvalue weighted by molar-refractivity contribution is -0.149. The summed E-state index contributed by atoms with van der Waals surface area (Å²) in [5, 5.41) is 13.0. The van der Waals surface area contributed by atoms with E-state index in [2.05, 4.69) is 11.0 Å². The fourth-order valence-electron chi connectivity index (χ4n) is 3.40. The molecule has 0 saturated carbocycles. The maximum absolute atomic E-state index is 15.1. The van der Waals surface area contributed by atoms with Crippen molar-refractivity contribution in [1.82, 2.24) is 14.6 Å². The molecule has 1 saturated heterocycles. The molecule has 1 aliphatic heterocycles. The molecule has 0 amide bonds. The van der Waals surface area contributed by atoms with Crippen molar-refractivity contribution in [3.8, 4) is 18.1 Å². The Morgan fingerprint density at radius 3 is 2.59 bits per heavy atom. The van der Waals surface area contributed by atoms with Gasteiger partial charge in [0, 0.05) is 12.3 Å². The van der Waals surface area contributed by atoms with Gasteiger partial charge in [-0.1, -0.05) is 24.1 Å². The monoisotopic (exact) mass is 539 g/mol. The number of aromatic nitrogens is 2. The maximum atomic E-state index is 15.1. The molecule has 1 aromatic heterocycles. The minimum absolute atomic E-state index is 0.103. The fourth-order valence-corrected chi connectivity index (χ4v) is 4.92. The van der Waals surface area contributed by atoms with Crippen LogP contribution in [-0.2, 0) is 23.4 Å². The van der Waals surface area contributed by atoms with E-state index in [1.165, 1.54) is 19.1 Å². The Bertz CT molecular complexity index is 1310. The third-order valence-corrected chi connectivity index (χ3v) is 6.85. The topological polar surface area (TPSA) is 158 Å². The van der Waals surface area contributed by atoms with Crippen LogP contribution in [0.2, 0.25) is 0 Å². The van der Waals surface area contributed by atoms with Crippen LogP contribution >= 0.6 is 7.75 Å². The molecule has 2 heterocycles. The van der Waals surface area contributed by atoms with Crippen molar-refractivity contribution < 1.29 is 37.4 Å². The number of alkyl halides is 1. The number of hydrogen-bond acceptors (Lipinski definition) is 9. The Kier molecular flexibility index (Phi) is 8.73. The second-order valence-corrected chi connectivity index (χ2v) is 10.2. The summed E-state index contributed by atoms with van der Waals surface area (Å²) in [6.45, 7) is 3.76. The number of halogens is 1. The Balaban J connectivity index is 1.87. The number of aliphatic hydroxyl groups excluding tert-OH is 1. The van der Waals surface area contributed by atoms with Crippen molar-refractivity contribution >= 4 is 13.7 Å². The summed E-state index contributed by atoms with van der Waals surface area (Å²) in [5.41, 5.74) is -3.95. The molecule has 0 spiro atoms. The quantitative estimate of drug-likeness (QED) is 0.228. The molecule has 0 radical (unpaired) electrons. The number of ether oxygens (including phenoxy) is 2. The average Bonchev–Trinajstić information content (AvgIpc) is 3.08. The highest BCUT2D eigenvalue weighted by Gasteiger charge is 2.57. The number of hydrogen-bond donors (Lipinski definition) is 3. The van der Waals surface area contributed by atoms with E-state index in [0.29, 0.717) is 4.57 Å². The van der Waals surface area contributed by atoms with Gasteiger partial charge in [0.1, 0.15) is 24.5 Å². The van der Waals surface area contributed by atoms with E-state index in [4.69, 9.17) is 24.9 Å². The average molecular weight is 539 g/mol. The molecule has 1 aliphatic rings. The van der Waals surface area contributed by atoms with E-state index in [1.807, 2.05) is 4.98 Å². The minimum atomic E-state index is -4.43. The largest absolute Gasteiger partial charge is 0.462 e. The van der Waals surface area contributed by atoms with Gasteiger partial charge < -0.3 is 19.1 Å². The highest BCUT2D eigenvalue weighted by atomic mass is 31.2. The van der Waals surface area contributed by atoms with Crippen LogP contribution in [0.4, 0.5) is 4.39 Å². The number of H-pyrrole nitrogens is 1. The number of para-hydroxylation sites is 1. The Labute approximate surface area is 211 Å². The van der Waals surface area contributed by atoms with Crippen LogP contribution in [0.3, 0.4) is 0 Å². The number of benzene rings is 1. The molecular formula is C23H27FN3O9P. The summed E-state index contributed by atoms with van der Waals surface area (Å²) in [7, 11) is -4.43. The lowest BCUT2D eigenvalue weighted by Crippen LogP contribution is -2.45. The second kappa shape index (κ2) is 11.4. The van der Waals surface area contributed by atoms with E-state index >= 15 is 4.39 Å². The molecule has 2 unspecified atom stereocenters. The number of carbonyl (C=O) groups excluding carboxylic acids is 1. The summed E-state index contributed by atoms with van der Waals surface area (Å²) in [6, 6.07) is 7.62. The molecule has 3 rings (SSSR count). The molecule has 200 valence electrons. The molecule has 0 aliphatic carbocycles. The summed E-state index contributed by atoms with van der Waals surface area (Å²) < 4.78 is 51.1. The number of nitrogens with one attached hydrogen (secondary N) is 2. The number of carbonyl (C=O) groups is 1. The predicted molar refractivity (Wildman–Crippen MR) is 128 cm³/mol. The van der Waals surface area contributed by atoms with Gasteiger partial charge in [0.05, 0.1) is 6.10 Å². The van der Waals surface area contributed by atoms with Crippen LogP contribution in [-0.4, -0.2) is 57.3 Å². The van der Waals surface area contributed by atoms with E-state index < -0.39 is 67.8 Å². The fraction of sp³-hybridized carbons (Fsp3) is 0.435. The van der Waals surface area contributed by atoms with Gasteiger partial charge in [-0.25, -0.2) is 13.8 Å². The molecule has 14 heteroatoms. The predicted octanol–water partition coefficient (Wildman–Crippen LogP) is 1.27. The number of rotatable bonds is 10. The molecule has 12 nitrogen and oxygen atoms in total. The first-order valence-electron chi connectivity index (χ1n) is 11.2. The van der Waals surface area contributed by atoms with Crippen molar-refractivity contribution in [2.45, 2.75) is 57.0 Å². The first kappa shape index (κ1) is 28.3. The van der Waals surface area contributed by atoms with E-state index in [9.17, 15) is 24.1 Å². The molecule has 1 fully saturated rings. The molecule has 2 aromatic rings. The maximum Gasteiger partial charge on any atom is 0.459 e. The number of terminal acetylenes is 1. The Morgan fingerprint density at radius 1 is 1.32 bits per heavy atom. The molecule has 1 aromatic carbocycles. The lowest BCUT2D eigenvalue weighted by Gasteiger charge is -2.29. The molecule has 0 bridgehead atoms. The van der Waals surface area contributed by atoms with E-state index in [0.717, 1.165) is 12.3 Å². The van der Waals surface area contributed by atoms with Crippen LogP contribution < -0.4 is 20.9 Å². The zero-order valence-electron chi connectivity index (χ0n) is 20.2. The third-order valence-electron chi connectivity index (χ3n) is 5.23. The van der Waals surface area contributed by atoms with Gasteiger partial charge in [-0.3, -0.25) is 23.7 Å². The summed E-state index contributed by atoms with van der Waals surface area (Å²) in [6.07, 6.45) is 0.0872. The summed E-state index contributed by atoms with van der Waals surface area (Å²) in [4.78, 5) is 37.7. The first-order chi connectivity index (χ1) is 17.4. The van der Waals surface area contributed by atoms with Crippen molar-refractivity contribution in [2.24, 2.45) is 0 Å². The summed E-state index contributed by atoms with van der Waals surface area (Å²) in [5.74, 6) is 1.46. The highest BCUT2D eigenvalue weighted by molar-refractivity contribution is 7.52. The van der Waals surface area contributed by atoms with Crippen molar-refractivity contribution in [3.63, 3.8) is 0 Å². The zero-order chi connectivity index (χ0) is 27.4. The normalized spacial score (nSPS) is 25.7. The van der Waals surface area contributed by atoms with Gasteiger partial charge in [-0.05, 0) is 32.9 Å². The smallest absolute Gasteiger partial charge is 0.459 e. The first-order valence-corrected chi connectivity index (χ1v) is 12.7. The minimum Gasteiger partial charge on any atom is -0.462 e. The molecular weight excluding hydrogens is 512 g/mol. The summed E-state index contributed by atoms with van der Waals surface area (Å²) >= 11 is 0. The zero-order valence-corrected chi connectivity index (χ0v) is 21.1. The van der Waals surface area contributed by atoms with Crippen molar-refractivity contribution in [3.05, 3.63) is 63.4 Å². The van der Waals surface area contributed by atoms with E-state index in [-0.39, 0.29) is 5.75 Å². The standard InChI is InChI=1S/C23H27FN3O9P/c1-5-23(19(29)18(24)20(35-23)27-12-11-17(28)25-22(27)31)13-33-37(32,36-16-9-7-6-8-10-16)26-15(4)21(30)34-14(2)3/h1,6-12,14-15,18-20,29H,13H2,2-4H3,(H,26,32)(H,25,28,31)/t15?,18-,19+,20-,23-,37?/m1/s1. The van der Waals surface area contributed by atoms with Crippen LogP contribution in [0, 0.1) is 12.3 Å². The highest BCUT2D eigenvalue weighted by Crippen LogP contribution is 2.48. The number of nitrogens with zero attached hydrogens (tertiary/aromatic N) is 1. The number of aliphatic hydroxyl groups is 1. The third kappa shape index (κ3) is 6.54. The molecule has 37 heavy (non-hydrogen) atoms. The van der Waals surface area contributed by atoms with Crippen molar-refractivity contribution in [1.29, 1.82) is 0 Å². The van der Waals surface area contributed by atoms with Gasteiger partial charge in [0.2, 0.25) is 0 Å². The van der Waals surface area contributed by atoms with Crippen molar-refractivity contribution in [2.75, 3.05) is 6.61 Å². The van der Waals surface area contributed by atoms with Crippen LogP contribution in [0.25, 0.3) is 0 Å². The van der Waals surface area contributed by atoms with E-state index in [1.54, 1.807) is 32.0 Å². The second-order valence-electron chi connectivity index (χ2n) is 8.46. The van der Waals surface area contributed by atoms with Crippen LogP contribution in [0.1, 0.15) is 27.0 Å². The molecule has 6 atom stereocenters. The van der Waals surface area contributed by atoms with Gasteiger partial charge in [0.25, 0.3) is 5.56 Å². The van der Waals surface area contributed by atoms with Gasteiger partial charge in [-0.2, -0.15) is 5.09 Å². The Morgan fingerprint density at radius 2 is 2.00 bits per heavy atom. The Hall–Kier alpha value is -3.27. The lowest BCUT2D eigenvalue weighted by atomic mass is 9.98. The van der Waals surface area contributed by atoms with Gasteiger partial charge >= 0.3 is 19.4 Å².